The number of benzene rings is 1. The maximum atomic E-state index is 5.98. The molecule has 1 aromatic rings. The molecule has 1 heterocycles. The van der Waals surface area contributed by atoms with Crippen LogP contribution in [0.5, 0.6) is 0 Å². The van der Waals surface area contributed by atoms with E-state index in [0.717, 1.165) is 23.4 Å². The molecule has 0 aliphatic carbocycles. The van der Waals surface area contributed by atoms with Gasteiger partial charge in [-0.05, 0) is 63.0 Å². The summed E-state index contributed by atoms with van der Waals surface area (Å²) in [5.41, 5.74) is 8.64. The van der Waals surface area contributed by atoms with Crippen molar-refractivity contribution in [1.82, 2.24) is 4.90 Å². The lowest BCUT2D eigenvalue weighted by atomic mass is 10.0. The summed E-state index contributed by atoms with van der Waals surface area (Å²) in [7, 11) is 4.41. The molecular formula is C16H26BrN3. The summed E-state index contributed by atoms with van der Waals surface area (Å²) in [6, 6.07) is 6.72. The van der Waals surface area contributed by atoms with Gasteiger partial charge in [-0.3, -0.25) is 0 Å². The van der Waals surface area contributed by atoms with E-state index in [1.54, 1.807) is 0 Å². The Morgan fingerprint density at radius 1 is 1.50 bits per heavy atom. The molecule has 0 spiro atoms. The van der Waals surface area contributed by atoms with Crippen LogP contribution in [0.1, 0.15) is 18.9 Å². The third kappa shape index (κ3) is 4.21. The largest absolute Gasteiger partial charge is 0.374 e. The zero-order valence-electron chi connectivity index (χ0n) is 12.8. The molecule has 0 saturated carbocycles. The molecule has 1 aromatic carbocycles. The van der Waals surface area contributed by atoms with Crippen LogP contribution in [0.3, 0.4) is 0 Å². The number of nitrogens with two attached hydrogens (primary N) is 1. The Hall–Kier alpha value is -0.580. The molecule has 0 bridgehead atoms. The Bertz CT molecular complexity index is 447. The van der Waals surface area contributed by atoms with E-state index in [1.807, 2.05) is 0 Å². The second-order valence-electron chi connectivity index (χ2n) is 6.25. The highest BCUT2D eigenvalue weighted by molar-refractivity contribution is 9.10. The van der Waals surface area contributed by atoms with E-state index in [4.69, 9.17) is 5.73 Å². The molecule has 0 radical (unpaired) electrons. The Kier molecular flexibility index (Phi) is 5.47. The Labute approximate surface area is 131 Å². The normalized spacial score (nSPS) is 21.1. The fourth-order valence-electron chi connectivity index (χ4n) is 3.10. The molecule has 2 rings (SSSR count). The van der Waals surface area contributed by atoms with Crippen LogP contribution < -0.4 is 10.6 Å². The fourth-order valence-corrected chi connectivity index (χ4v) is 3.51. The van der Waals surface area contributed by atoms with Crippen molar-refractivity contribution in [3.63, 3.8) is 0 Å². The molecule has 1 aliphatic heterocycles. The summed E-state index contributed by atoms with van der Waals surface area (Å²) in [6.07, 6.45) is 2.23. The van der Waals surface area contributed by atoms with Crippen molar-refractivity contribution in [2.24, 2.45) is 11.7 Å². The summed E-state index contributed by atoms with van der Waals surface area (Å²) >= 11 is 3.57. The number of rotatable bonds is 5. The monoisotopic (exact) mass is 339 g/mol. The molecule has 1 fully saturated rings. The Morgan fingerprint density at radius 3 is 2.85 bits per heavy atom. The topological polar surface area (TPSA) is 32.5 Å². The van der Waals surface area contributed by atoms with Gasteiger partial charge in [0.05, 0.1) is 0 Å². The highest BCUT2D eigenvalue weighted by atomic mass is 79.9. The predicted octanol–water partition coefficient (Wildman–Crippen LogP) is 2.73. The second kappa shape index (κ2) is 6.92. The van der Waals surface area contributed by atoms with Crippen molar-refractivity contribution in [1.29, 1.82) is 0 Å². The van der Waals surface area contributed by atoms with Crippen molar-refractivity contribution in [3.05, 3.63) is 28.2 Å². The quantitative estimate of drug-likeness (QED) is 0.895. The van der Waals surface area contributed by atoms with Crippen LogP contribution in [-0.4, -0.2) is 44.7 Å². The predicted molar refractivity (Wildman–Crippen MR) is 90.4 cm³/mol. The summed E-state index contributed by atoms with van der Waals surface area (Å²) < 4.78 is 1.13. The molecule has 112 valence electrons. The Morgan fingerprint density at radius 2 is 2.25 bits per heavy atom. The van der Waals surface area contributed by atoms with Crippen LogP contribution in [0.2, 0.25) is 0 Å². The molecule has 2 N–H and O–H groups in total. The summed E-state index contributed by atoms with van der Waals surface area (Å²) in [5, 5.41) is 0. The van der Waals surface area contributed by atoms with Crippen molar-refractivity contribution in [3.8, 4) is 0 Å². The minimum atomic E-state index is 0.189. The van der Waals surface area contributed by atoms with Crippen molar-refractivity contribution in [2.45, 2.75) is 25.8 Å². The number of likely N-dealkylation sites (tertiary alicyclic amines) is 1. The third-order valence-corrected chi connectivity index (χ3v) is 4.51. The van der Waals surface area contributed by atoms with Gasteiger partial charge >= 0.3 is 0 Å². The van der Waals surface area contributed by atoms with Crippen molar-refractivity contribution >= 4 is 21.6 Å². The van der Waals surface area contributed by atoms with Gasteiger partial charge in [0.25, 0.3) is 0 Å². The molecule has 1 saturated heterocycles. The molecule has 3 nitrogen and oxygen atoms in total. The number of hydrogen-bond donors (Lipinski definition) is 1. The van der Waals surface area contributed by atoms with E-state index >= 15 is 0 Å². The van der Waals surface area contributed by atoms with Crippen molar-refractivity contribution < 1.29 is 0 Å². The summed E-state index contributed by atoms with van der Waals surface area (Å²) in [4.78, 5) is 4.82. The minimum Gasteiger partial charge on any atom is -0.374 e. The van der Waals surface area contributed by atoms with Crippen LogP contribution in [0.25, 0.3) is 0 Å². The molecule has 2 unspecified atom stereocenters. The van der Waals surface area contributed by atoms with E-state index in [9.17, 15) is 0 Å². The first-order valence-electron chi connectivity index (χ1n) is 7.39. The molecule has 0 amide bonds. The lowest BCUT2D eigenvalue weighted by Crippen LogP contribution is -2.28. The van der Waals surface area contributed by atoms with Crippen LogP contribution in [0.15, 0.2) is 22.7 Å². The Balaban J connectivity index is 2.09. The molecule has 1 aliphatic rings. The molecule has 4 heteroatoms. The summed E-state index contributed by atoms with van der Waals surface area (Å²) in [5.74, 6) is 0.775. The first kappa shape index (κ1) is 15.8. The SMILES string of the molecule is CC(N)Cc1cc(Br)ccc1N(C)CC1CCN(C)C1. The highest BCUT2D eigenvalue weighted by Crippen LogP contribution is 2.27. The maximum Gasteiger partial charge on any atom is 0.0397 e. The third-order valence-electron chi connectivity index (χ3n) is 4.02. The van der Waals surface area contributed by atoms with Gasteiger partial charge in [-0.25, -0.2) is 0 Å². The minimum absolute atomic E-state index is 0.189. The second-order valence-corrected chi connectivity index (χ2v) is 7.17. The van der Waals surface area contributed by atoms with Gasteiger partial charge in [-0.2, -0.15) is 0 Å². The highest BCUT2D eigenvalue weighted by Gasteiger charge is 2.21. The number of hydrogen-bond acceptors (Lipinski definition) is 3. The number of nitrogens with zero attached hydrogens (tertiary/aromatic N) is 2. The first-order valence-corrected chi connectivity index (χ1v) is 8.18. The van der Waals surface area contributed by atoms with Gasteiger partial charge < -0.3 is 15.5 Å². The lowest BCUT2D eigenvalue weighted by Gasteiger charge is -2.26. The smallest absolute Gasteiger partial charge is 0.0397 e. The van der Waals surface area contributed by atoms with E-state index in [-0.39, 0.29) is 6.04 Å². The van der Waals surface area contributed by atoms with Crippen LogP contribution in [-0.2, 0) is 6.42 Å². The fraction of sp³-hybridized carbons (Fsp3) is 0.625. The lowest BCUT2D eigenvalue weighted by molar-refractivity contribution is 0.396. The zero-order chi connectivity index (χ0) is 14.7. The van der Waals surface area contributed by atoms with Crippen LogP contribution >= 0.6 is 15.9 Å². The van der Waals surface area contributed by atoms with Gasteiger partial charge in [-0.15, -0.1) is 0 Å². The first-order chi connectivity index (χ1) is 9.45. The molecular weight excluding hydrogens is 314 g/mol. The van der Waals surface area contributed by atoms with E-state index in [1.165, 1.54) is 30.8 Å². The van der Waals surface area contributed by atoms with E-state index in [0.29, 0.717) is 0 Å². The number of halogens is 1. The standard InChI is InChI=1S/C16H26BrN3/c1-12(18)8-14-9-15(17)4-5-16(14)20(3)11-13-6-7-19(2)10-13/h4-5,9,12-13H,6-8,10-11,18H2,1-3H3. The van der Waals surface area contributed by atoms with Gasteiger partial charge in [0, 0.05) is 36.3 Å². The van der Waals surface area contributed by atoms with Crippen LogP contribution in [0.4, 0.5) is 5.69 Å². The zero-order valence-corrected chi connectivity index (χ0v) is 14.4. The van der Waals surface area contributed by atoms with Crippen LogP contribution in [0, 0.1) is 5.92 Å². The maximum absolute atomic E-state index is 5.98. The van der Waals surface area contributed by atoms with Gasteiger partial charge in [0.15, 0.2) is 0 Å². The van der Waals surface area contributed by atoms with Gasteiger partial charge in [0.2, 0.25) is 0 Å². The number of anilines is 1. The van der Waals surface area contributed by atoms with Crippen molar-refractivity contribution in [2.75, 3.05) is 38.6 Å². The molecule has 20 heavy (non-hydrogen) atoms. The summed E-state index contributed by atoms with van der Waals surface area (Å²) in [6.45, 7) is 5.63. The van der Waals surface area contributed by atoms with E-state index < -0.39 is 0 Å². The van der Waals surface area contributed by atoms with Gasteiger partial charge in [0.1, 0.15) is 0 Å². The average molecular weight is 340 g/mol. The van der Waals surface area contributed by atoms with Gasteiger partial charge in [-0.1, -0.05) is 15.9 Å². The average Bonchev–Trinajstić information content (AvgIpc) is 2.73. The van der Waals surface area contributed by atoms with E-state index in [2.05, 4.69) is 64.9 Å². The molecule has 0 aromatic heterocycles. The molecule has 2 atom stereocenters.